The van der Waals surface area contributed by atoms with Crippen molar-refractivity contribution in [2.45, 2.75) is 0 Å². The average Bonchev–Trinajstić information content (AvgIpc) is 0. The van der Waals surface area contributed by atoms with Gasteiger partial charge in [0.15, 0.2) is 0 Å². The molecule has 9 heteroatoms. The second kappa shape index (κ2) is 283. The van der Waals surface area contributed by atoms with Gasteiger partial charge in [0.2, 0.25) is 0 Å². The predicted molar refractivity (Wildman–Crippen MR) is 35.6 cm³/mol. The molecular weight excluding hydrogens is 332 g/mol. The van der Waals surface area contributed by atoms with E-state index in [-0.39, 0.29) is 97.1 Å². The van der Waals surface area contributed by atoms with E-state index in [2.05, 4.69) is 0 Å². The summed E-state index contributed by atoms with van der Waals surface area (Å²) in [5.41, 5.74) is 0. The van der Waals surface area contributed by atoms with Crippen molar-refractivity contribution < 1.29 is 80.1 Å². The van der Waals surface area contributed by atoms with E-state index in [4.69, 9.17) is 0 Å². The van der Waals surface area contributed by atoms with Crippen LogP contribution in [0.15, 0.2) is 0 Å². The summed E-state index contributed by atoms with van der Waals surface area (Å²) in [5.74, 6) is 0. The number of rotatable bonds is 0. The van der Waals surface area contributed by atoms with E-state index >= 15 is 0 Å². The number of hydrogen-bond donors (Lipinski definition) is 0. The van der Waals surface area contributed by atoms with Gasteiger partial charge in [-0.2, -0.15) is 0 Å². The summed E-state index contributed by atoms with van der Waals surface area (Å²) < 4.78 is 0. The molecule has 0 amide bonds. The van der Waals surface area contributed by atoms with Crippen LogP contribution in [-0.4, -0.2) is 38.3 Å². The van der Waals surface area contributed by atoms with Crippen LogP contribution in [0.25, 0.3) is 0 Å². The molecule has 0 bridgehead atoms. The van der Waals surface area contributed by atoms with E-state index in [0.29, 0.717) is 0 Å². The molecule has 0 spiro atoms. The van der Waals surface area contributed by atoms with Crippen molar-refractivity contribution in [1.82, 2.24) is 0 Å². The number of hydrogen-bond acceptors (Lipinski definition) is 0. The molecule has 0 heterocycles. The molecule has 0 radical (unpaired) electrons. The summed E-state index contributed by atoms with van der Waals surface area (Å²) in [5, 5.41) is 0. The van der Waals surface area contributed by atoms with Gasteiger partial charge in [0, 0.05) is 41.7 Å². The molecule has 0 rings (SSSR count). The summed E-state index contributed by atoms with van der Waals surface area (Å²) in [4.78, 5) is 0. The molecule has 0 atom stereocenters. The van der Waals surface area contributed by atoms with E-state index in [1.165, 1.54) is 0 Å². The molecule has 0 saturated carbocycles. The summed E-state index contributed by atoms with van der Waals surface area (Å²) in [7, 11) is 0. The maximum atomic E-state index is 0. The van der Waals surface area contributed by atoms with Gasteiger partial charge >= 0.3 is 0 Å². The first-order valence-electron chi connectivity index (χ1n) is 0. The maximum absolute atomic E-state index is 0. The minimum absolute atomic E-state index is 0. The quantitative estimate of drug-likeness (QED) is 0.401. The SMILES string of the molecule is Br.O.O.O.O.O.O.O.[Ce]. The maximum Gasteiger partial charge on any atom is 0 e. The molecule has 0 aromatic heterocycles. The second-order valence-electron chi connectivity index (χ2n) is 0. The molecule has 0 aliphatic rings. The third-order valence-electron chi connectivity index (χ3n) is 0. The van der Waals surface area contributed by atoms with E-state index in [0.717, 1.165) is 0 Å². The average molecular weight is 347 g/mol. The third kappa shape index (κ3) is 221. The zero-order chi connectivity index (χ0) is 0. The summed E-state index contributed by atoms with van der Waals surface area (Å²) in [6.07, 6.45) is 0. The van der Waals surface area contributed by atoms with Gasteiger partial charge in [-0.05, 0) is 0 Å². The van der Waals surface area contributed by atoms with Crippen LogP contribution in [0, 0.1) is 41.7 Å². The minimum atomic E-state index is 0. The van der Waals surface area contributed by atoms with Crippen LogP contribution in [0.1, 0.15) is 0 Å². The van der Waals surface area contributed by atoms with Crippen molar-refractivity contribution in [2.24, 2.45) is 0 Å². The molecule has 0 aromatic rings. The Morgan fingerprint density at radius 2 is 0.333 bits per heavy atom. The van der Waals surface area contributed by atoms with Crippen LogP contribution in [0.2, 0.25) is 0 Å². The number of halogens is 1. The zero-order valence-corrected chi connectivity index (χ0v) is 9.26. The molecule has 9 heavy (non-hydrogen) atoms. The largest absolute Gasteiger partial charge is 0.412 e. The molecule has 0 unspecified atom stereocenters. The van der Waals surface area contributed by atoms with Crippen LogP contribution in [0.5, 0.6) is 0 Å². The van der Waals surface area contributed by atoms with E-state index < -0.39 is 0 Å². The van der Waals surface area contributed by atoms with Gasteiger partial charge in [-0.1, -0.05) is 0 Å². The van der Waals surface area contributed by atoms with Crippen molar-refractivity contribution in [3.05, 3.63) is 0 Å². The first-order chi connectivity index (χ1) is 0. The van der Waals surface area contributed by atoms with Crippen molar-refractivity contribution >= 4 is 17.0 Å². The predicted octanol–water partition coefficient (Wildman–Crippen LogP) is -5.19. The fraction of sp³-hybridized carbons (Fsp3) is 0. The Bertz CT molecular complexity index is 8.88. The second-order valence-corrected chi connectivity index (χ2v) is 0. The van der Waals surface area contributed by atoms with Gasteiger partial charge in [-0.25, -0.2) is 0 Å². The Morgan fingerprint density at radius 1 is 0.333 bits per heavy atom. The molecule has 7 nitrogen and oxygen atoms in total. The summed E-state index contributed by atoms with van der Waals surface area (Å²) >= 11 is 0. The molecule has 14 N–H and O–H groups in total. The molecule has 0 fully saturated rings. The standard InChI is InChI=1S/BrH.Ce.7H2O/h1H;;7*1H2. The molecule has 68 valence electrons. The summed E-state index contributed by atoms with van der Waals surface area (Å²) in [6, 6.07) is 0. The third-order valence-corrected chi connectivity index (χ3v) is 0. The molecule has 0 aliphatic carbocycles. The monoisotopic (exact) mass is 346 g/mol. The van der Waals surface area contributed by atoms with Gasteiger partial charge in [-0.15, -0.1) is 17.0 Å². The molecular formula is H15BrCeO7. The van der Waals surface area contributed by atoms with Crippen LogP contribution in [0.4, 0.5) is 0 Å². The van der Waals surface area contributed by atoms with E-state index in [1.54, 1.807) is 0 Å². The van der Waals surface area contributed by atoms with Crippen molar-refractivity contribution in [3.8, 4) is 0 Å². The van der Waals surface area contributed by atoms with Crippen LogP contribution in [0.3, 0.4) is 0 Å². The normalized spacial score (nSPS) is 0. The fourth-order valence-electron chi connectivity index (χ4n) is 0. The zero-order valence-electron chi connectivity index (χ0n) is 4.41. The molecule has 0 saturated heterocycles. The van der Waals surface area contributed by atoms with Crippen LogP contribution < -0.4 is 0 Å². The van der Waals surface area contributed by atoms with Crippen molar-refractivity contribution in [2.75, 3.05) is 0 Å². The first-order valence-corrected chi connectivity index (χ1v) is 0. The Morgan fingerprint density at radius 3 is 0.333 bits per heavy atom. The van der Waals surface area contributed by atoms with Gasteiger partial charge in [0.05, 0.1) is 0 Å². The van der Waals surface area contributed by atoms with Crippen molar-refractivity contribution in [1.29, 1.82) is 0 Å². The Balaban J connectivity index is 0. The van der Waals surface area contributed by atoms with E-state index in [1.807, 2.05) is 0 Å². The Kier molecular flexibility index (Phi) is 12300. The first kappa shape index (κ1) is 390. The van der Waals surface area contributed by atoms with Gasteiger partial charge in [0.25, 0.3) is 0 Å². The molecule has 0 aromatic carbocycles. The smallest absolute Gasteiger partial charge is 0 e. The van der Waals surface area contributed by atoms with Gasteiger partial charge < -0.3 is 38.3 Å². The van der Waals surface area contributed by atoms with Crippen LogP contribution in [-0.2, 0) is 0 Å². The van der Waals surface area contributed by atoms with Gasteiger partial charge in [-0.3, -0.25) is 0 Å². The van der Waals surface area contributed by atoms with Gasteiger partial charge in [0.1, 0.15) is 0 Å². The molecule has 0 aliphatic heterocycles. The van der Waals surface area contributed by atoms with Crippen molar-refractivity contribution in [3.63, 3.8) is 0 Å². The van der Waals surface area contributed by atoms with Crippen LogP contribution >= 0.6 is 17.0 Å². The fourth-order valence-corrected chi connectivity index (χ4v) is 0. The Hall–Kier alpha value is 1.58. The summed E-state index contributed by atoms with van der Waals surface area (Å²) in [6.45, 7) is 0. The topological polar surface area (TPSA) is 220 Å². The Labute approximate surface area is 96.1 Å². The minimum Gasteiger partial charge on any atom is -0.412 e. The van der Waals surface area contributed by atoms with E-state index in [9.17, 15) is 0 Å².